The molecule has 0 aliphatic carbocycles. The van der Waals surface area contributed by atoms with Crippen molar-refractivity contribution in [2.75, 3.05) is 11.1 Å². The van der Waals surface area contributed by atoms with Crippen molar-refractivity contribution in [1.29, 1.82) is 0 Å². The molecule has 1 unspecified atom stereocenters. The van der Waals surface area contributed by atoms with Gasteiger partial charge in [-0.2, -0.15) is 15.0 Å². The Morgan fingerprint density at radius 3 is 1.94 bits per heavy atom. The molecule has 9 rings (SSSR count). The van der Waals surface area contributed by atoms with E-state index in [1.165, 1.54) is 58.0 Å². The molecule has 1 amide bonds. The molecular weight excluding hydrogens is 834 g/mol. The van der Waals surface area contributed by atoms with E-state index in [1.54, 1.807) is 28.7 Å². The number of nitrogens with two attached hydrogens (primary N) is 1. The van der Waals surface area contributed by atoms with Gasteiger partial charge in [0, 0.05) is 44.4 Å². The fraction of sp³-hybridized carbons (Fsp3) is 0.264. The van der Waals surface area contributed by atoms with Gasteiger partial charge in [-0.05, 0) is 192 Å². The third-order valence-corrected chi connectivity index (χ3v) is 10.7. The molecule has 65 heavy (non-hydrogen) atoms. The van der Waals surface area contributed by atoms with Crippen LogP contribution >= 0.6 is 11.3 Å². The molecule has 0 saturated heterocycles. The number of carbonyl (C=O) groups is 1. The summed E-state index contributed by atoms with van der Waals surface area (Å²) in [5, 5.41) is 14.1. The highest BCUT2D eigenvalue weighted by Crippen LogP contribution is 2.22. The van der Waals surface area contributed by atoms with E-state index >= 15 is 0 Å². The van der Waals surface area contributed by atoms with Gasteiger partial charge in [-0.25, -0.2) is 4.39 Å². The molecule has 0 bridgehead atoms. The smallest absolute Gasteiger partial charge is 0.221 e. The largest absolute Gasteiger partial charge is 0.472 e. The number of nitrogens with one attached hydrogen (secondary N) is 2. The predicted molar refractivity (Wildman–Crippen MR) is 268 cm³/mol. The summed E-state index contributed by atoms with van der Waals surface area (Å²) in [4.78, 5) is 15.1. The van der Waals surface area contributed by atoms with Crippen LogP contribution in [0.2, 0.25) is 0 Å². The Bertz CT molecular complexity index is 2650. The summed E-state index contributed by atoms with van der Waals surface area (Å²) >= 11 is 1.55. The molecule has 0 fully saturated rings. The lowest BCUT2D eigenvalue weighted by molar-refractivity contribution is -0.114. The van der Waals surface area contributed by atoms with Gasteiger partial charge in [0.1, 0.15) is 28.4 Å². The Kier molecular flexibility index (Phi) is 21.5. The van der Waals surface area contributed by atoms with E-state index in [0.29, 0.717) is 0 Å². The van der Waals surface area contributed by atoms with Gasteiger partial charge in [-0.15, -0.1) is 11.3 Å². The van der Waals surface area contributed by atoms with E-state index in [1.807, 2.05) is 139 Å². The lowest BCUT2D eigenvalue weighted by Gasteiger charge is -2.13. The SMILES string of the molecule is CC(=O)Nc1sccc1C.Cc1cc(C)c(C)o1.Cc1cc[nH]c1.Cc1ccc2nn(C)nc2c1C.Cc1cccc(N)c1.Cc1ccn(C(C)c2ccc(F)cc2)c1.Cc1ccoc1. The van der Waals surface area contributed by atoms with Crippen LogP contribution in [0.3, 0.4) is 0 Å². The van der Waals surface area contributed by atoms with Crippen LogP contribution in [0.25, 0.3) is 11.0 Å². The van der Waals surface area contributed by atoms with Crippen molar-refractivity contribution in [2.24, 2.45) is 7.05 Å². The summed E-state index contributed by atoms with van der Waals surface area (Å²) in [7, 11) is 1.84. The Labute approximate surface area is 388 Å². The minimum atomic E-state index is -0.186. The van der Waals surface area contributed by atoms with Crippen LogP contribution in [0, 0.1) is 75.1 Å². The monoisotopic (exact) mass is 899 g/mol. The Balaban J connectivity index is 0.000000206. The number of anilines is 2. The molecule has 4 N–H and O–H groups in total. The molecule has 1 atom stereocenters. The van der Waals surface area contributed by atoms with E-state index in [4.69, 9.17) is 14.6 Å². The topological polar surface area (TPSA) is 133 Å². The van der Waals surface area contributed by atoms with Crippen molar-refractivity contribution in [3.63, 3.8) is 0 Å². The molecule has 0 radical (unpaired) electrons. The number of nitrogens with zero attached hydrogens (tertiary/aromatic N) is 4. The number of halogens is 1. The molecule has 0 spiro atoms. The lowest BCUT2D eigenvalue weighted by Crippen LogP contribution is -2.04. The minimum Gasteiger partial charge on any atom is -0.472 e. The number of aromatic amines is 1. The van der Waals surface area contributed by atoms with E-state index < -0.39 is 0 Å². The number of benzene rings is 3. The van der Waals surface area contributed by atoms with Crippen LogP contribution in [0.4, 0.5) is 15.1 Å². The number of carbonyl (C=O) groups excluding carboxylic acids is 1. The number of nitrogen functional groups attached to an aromatic ring is 1. The van der Waals surface area contributed by atoms with Gasteiger partial charge in [0.25, 0.3) is 0 Å². The molecule has 6 heterocycles. The average Bonchev–Trinajstić information content (AvgIpc) is 4.14. The van der Waals surface area contributed by atoms with Gasteiger partial charge in [0.15, 0.2) is 0 Å². The maximum absolute atomic E-state index is 12.7. The predicted octanol–water partition coefficient (Wildman–Crippen LogP) is 13.8. The number of amides is 1. The van der Waals surface area contributed by atoms with E-state index in [0.717, 1.165) is 44.4 Å². The Hall–Kier alpha value is -6.92. The normalized spacial score (nSPS) is 10.4. The molecule has 6 aromatic heterocycles. The van der Waals surface area contributed by atoms with Crippen molar-refractivity contribution < 1.29 is 18.0 Å². The maximum atomic E-state index is 12.7. The average molecular weight is 900 g/mol. The van der Waals surface area contributed by atoms with Crippen LogP contribution in [0.5, 0.6) is 0 Å². The first kappa shape index (κ1) is 52.4. The summed E-state index contributed by atoms with van der Waals surface area (Å²) in [5.41, 5.74) is 19.2. The van der Waals surface area contributed by atoms with Gasteiger partial charge < -0.3 is 29.4 Å². The molecule has 3 aromatic carbocycles. The van der Waals surface area contributed by atoms with Crippen molar-refractivity contribution in [3.05, 3.63) is 201 Å². The van der Waals surface area contributed by atoms with Gasteiger partial charge in [-0.3, -0.25) is 4.79 Å². The number of aromatic nitrogens is 5. The molecular formula is C53H66FN7O3S. The maximum Gasteiger partial charge on any atom is 0.221 e. The first-order chi connectivity index (χ1) is 30.8. The highest BCUT2D eigenvalue weighted by molar-refractivity contribution is 7.14. The van der Waals surface area contributed by atoms with Gasteiger partial charge in [0.2, 0.25) is 5.91 Å². The standard InChI is InChI=1S/C13H14FN.C9H11N3.C7H9NOS.C7H9N.C7H10O.C5H7N.C5H6O/c1-10-7-8-15(9-10)11(2)12-3-5-13(14)6-4-12;1-6-4-5-8-9(7(6)2)11-12(3)10-8;1-5-3-4-10-7(5)8-6(2)9;1-6-3-2-4-7(8)5-6;1-5-4-6(2)8-7(5)3;2*1-5-2-3-6-4-5/h3-9,11H,1-2H3;4-5H,1-3H3;3-4H,1-2H3,(H,8,9);2-5H,8H2,1H3;4H,1-3H3;2-4,6H,1H3;2-4H,1H3. The first-order valence-corrected chi connectivity index (χ1v) is 22.1. The zero-order valence-electron chi connectivity index (χ0n) is 40.2. The van der Waals surface area contributed by atoms with Crippen LogP contribution in [0.15, 0.2) is 143 Å². The third kappa shape index (κ3) is 19.2. The van der Waals surface area contributed by atoms with E-state index in [2.05, 4.69) is 78.0 Å². The molecule has 12 heteroatoms. The number of furan rings is 2. The van der Waals surface area contributed by atoms with Crippen molar-refractivity contribution in [2.45, 2.75) is 89.1 Å². The second kappa shape index (κ2) is 26.6. The van der Waals surface area contributed by atoms with Crippen LogP contribution in [-0.2, 0) is 11.8 Å². The number of hydrogen-bond acceptors (Lipinski definition) is 7. The summed E-state index contributed by atoms with van der Waals surface area (Å²) < 4.78 is 24.8. The fourth-order valence-electron chi connectivity index (χ4n) is 5.82. The molecule has 0 aliphatic heterocycles. The molecule has 9 aromatic rings. The zero-order chi connectivity index (χ0) is 48.1. The minimum absolute atomic E-state index is 0.00875. The first-order valence-electron chi connectivity index (χ1n) is 21.2. The summed E-state index contributed by atoms with van der Waals surface area (Å²) in [6.07, 6.45) is 11.4. The molecule has 10 nitrogen and oxygen atoms in total. The van der Waals surface area contributed by atoms with Gasteiger partial charge in [0.05, 0.1) is 23.6 Å². The highest BCUT2D eigenvalue weighted by atomic mass is 32.1. The summed E-state index contributed by atoms with van der Waals surface area (Å²) in [6, 6.07) is 28.8. The zero-order valence-corrected chi connectivity index (χ0v) is 41.0. The number of fused-ring (bicyclic) bond motifs is 1. The van der Waals surface area contributed by atoms with Crippen LogP contribution in [0.1, 0.15) is 81.5 Å². The van der Waals surface area contributed by atoms with Crippen molar-refractivity contribution in [1.82, 2.24) is 24.5 Å². The van der Waals surface area contributed by atoms with Gasteiger partial charge >= 0.3 is 0 Å². The summed E-state index contributed by atoms with van der Waals surface area (Å²) in [5.74, 6) is 1.84. The number of H-pyrrole nitrogens is 1. The van der Waals surface area contributed by atoms with Gasteiger partial charge in [-0.1, -0.05) is 30.3 Å². The van der Waals surface area contributed by atoms with Crippen LogP contribution < -0.4 is 11.1 Å². The number of aryl methyl sites for hydroxylation is 11. The number of rotatable bonds is 3. The van der Waals surface area contributed by atoms with E-state index in [-0.39, 0.29) is 17.8 Å². The number of hydrogen-bond donors (Lipinski definition) is 3. The fourth-order valence-corrected chi connectivity index (χ4v) is 6.69. The molecule has 0 aliphatic rings. The molecule has 0 saturated carbocycles. The van der Waals surface area contributed by atoms with Crippen LogP contribution in [-0.4, -0.2) is 30.5 Å². The van der Waals surface area contributed by atoms with E-state index in [9.17, 15) is 9.18 Å². The number of thiophene rings is 1. The van der Waals surface area contributed by atoms with Crippen molar-refractivity contribution >= 4 is 39.0 Å². The highest BCUT2D eigenvalue weighted by Gasteiger charge is 2.07. The lowest BCUT2D eigenvalue weighted by atomic mass is 10.1. The third-order valence-electron chi connectivity index (χ3n) is 9.74. The molecule has 344 valence electrons. The Morgan fingerprint density at radius 1 is 0.800 bits per heavy atom. The Morgan fingerprint density at radius 2 is 1.52 bits per heavy atom. The van der Waals surface area contributed by atoms with Crippen molar-refractivity contribution in [3.8, 4) is 0 Å². The second-order valence-corrected chi connectivity index (χ2v) is 16.7. The quantitative estimate of drug-likeness (QED) is 0.151. The second-order valence-electron chi connectivity index (χ2n) is 15.7. The summed E-state index contributed by atoms with van der Waals surface area (Å²) in [6.45, 7) is 23.9.